The van der Waals surface area contributed by atoms with Crippen LogP contribution in [0, 0.1) is 5.41 Å². The molecule has 0 aromatic heterocycles. The summed E-state index contributed by atoms with van der Waals surface area (Å²) in [6, 6.07) is 27.0. The molecule has 6 rings (SSSR count). The number of ether oxygens (including phenoxy) is 3. The van der Waals surface area contributed by atoms with E-state index in [0.29, 0.717) is 38.4 Å². The number of allylic oxidation sites excluding steroid dienone is 9. The topological polar surface area (TPSA) is 46.0 Å². The van der Waals surface area contributed by atoms with Crippen molar-refractivity contribution in [1.82, 2.24) is 5.32 Å². The van der Waals surface area contributed by atoms with Crippen LogP contribution in [0.3, 0.4) is 0 Å². The number of unbranched alkanes of at least 4 members (excludes halogenated alkanes) is 4. The van der Waals surface area contributed by atoms with Crippen molar-refractivity contribution in [3.8, 4) is 0 Å². The summed E-state index contributed by atoms with van der Waals surface area (Å²) in [5.41, 5.74) is 9.44. The molecule has 0 radical (unpaired) electrons. The van der Waals surface area contributed by atoms with Crippen LogP contribution < -0.4 is 10.2 Å². The maximum absolute atomic E-state index is 5.76. The molecule has 0 aliphatic carbocycles. The molecule has 0 fully saturated rings. The highest BCUT2D eigenvalue weighted by Gasteiger charge is 2.45. The molecule has 6 nitrogen and oxygen atoms in total. The Morgan fingerprint density at radius 1 is 0.677 bits per heavy atom. The predicted molar refractivity (Wildman–Crippen MR) is 278 cm³/mol. The lowest BCUT2D eigenvalue weighted by atomic mass is 9.79. The number of fused-ring (bicyclic) bond motifs is 6. The Labute approximate surface area is 392 Å². The van der Waals surface area contributed by atoms with Crippen LogP contribution in [0.15, 0.2) is 133 Å². The van der Waals surface area contributed by atoms with Crippen molar-refractivity contribution in [2.45, 2.75) is 118 Å². The standard InChI is InChI=1S/C59H80N3O3/c1-10-11-23-38-61-51-34-32-47-26-19-21-28-49(47)55(51)58(6,7)53(61)30-17-13-12-14-18-31-54-59(8,9)56-50-29-22-20-27-48(50)33-35-52(56)62(54)39-24-15-16-25-46(2)60-37-41-64-43-45-65-44-42-63-40-36-57(3,4)5/h12-14,17-22,26-35,60H,2,10-11,15-16,23-25,36-45H2,1,3-9H3/q+1. The van der Waals surface area contributed by atoms with E-state index in [2.05, 4.69) is 192 Å². The van der Waals surface area contributed by atoms with Crippen LogP contribution in [0.2, 0.25) is 0 Å². The van der Waals surface area contributed by atoms with Gasteiger partial charge in [0.1, 0.15) is 6.54 Å². The van der Waals surface area contributed by atoms with Gasteiger partial charge in [0, 0.05) is 66.3 Å². The summed E-state index contributed by atoms with van der Waals surface area (Å²) in [5.74, 6) is 0. The van der Waals surface area contributed by atoms with E-state index in [1.807, 2.05) is 0 Å². The molecule has 6 heteroatoms. The van der Waals surface area contributed by atoms with Gasteiger partial charge in [-0.1, -0.05) is 146 Å². The Hall–Kier alpha value is -4.75. The number of hydrogen-bond acceptors (Lipinski definition) is 5. The Balaban J connectivity index is 1.03. The number of hydrogen-bond donors (Lipinski definition) is 1. The zero-order valence-electron chi connectivity index (χ0n) is 41.3. The molecule has 2 heterocycles. The highest BCUT2D eigenvalue weighted by atomic mass is 16.5. The largest absolute Gasteiger partial charge is 0.387 e. The van der Waals surface area contributed by atoms with Crippen molar-refractivity contribution < 1.29 is 18.8 Å². The van der Waals surface area contributed by atoms with E-state index in [-0.39, 0.29) is 10.8 Å². The average molecular weight is 879 g/mol. The molecule has 1 N–H and O–H groups in total. The van der Waals surface area contributed by atoms with Crippen LogP contribution in [0.1, 0.15) is 118 Å². The van der Waals surface area contributed by atoms with Crippen molar-refractivity contribution in [3.05, 3.63) is 144 Å². The summed E-state index contributed by atoms with van der Waals surface area (Å²) in [7, 11) is 0. The maximum Gasteiger partial charge on any atom is 0.210 e. The monoisotopic (exact) mass is 879 g/mol. The SMILES string of the molecule is C=C(CCCCC[N+]1=C(/C=C/C=C/C=C/C=C2/N(CCCCC)c3ccc4ccccc4c3C2(C)C)C(C)(C)c2c1ccc1ccccc21)NCCOCCOCCOCCC(C)(C)C. The Morgan fingerprint density at radius 2 is 1.31 bits per heavy atom. The lowest BCUT2D eigenvalue weighted by Crippen LogP contribution is -2.28. The summed E-state index contributed by atoms with van der Waals surface area (Å²) in [6.45, 7) is 29.5. The van der Waals surface area contributed by atoms with Crippen molar-refractivity contribution in [1.29, 1.82) is 0 Å². The number of nitrogens with zero attached hydrogens (tertiary/aromatic N) is 2. The number of benzene rings is 4. The van der Waals surface area contributed by atoms with Crippen molar-refractivity contribution in [3.63, 3.8) is 0 Å². The Morgan fingerprint density at radius 3 is 2.02 bits per heavy atom. The van der Waals surface area contributed by atoms with Gasteiger partial charge in [-0.15, -0.1) is 0 Å². The van der Waals surface area contributed by atoms with Crippen LogP contribution in [0.5, 0.6) is 0 Å². The van der Waals surface area contributed by atoms with E-state index in [1.54, 1.807) is 0 Å². The van der Waals surface area contributed by atoms with Gasteiger partial charge in [0.2, 0.25) is 5.69 Å². The first-order chi connectivity index (χ1) is 31.3. The van der Waals surface area contributed by atoms with E-state index >= 15 is 0 Å². The van der Waals surface area contributed by atoms with Gasteiger partial charge in [0.25, 0.3) is 0 Å². The fourth-order valence-corrected chi connectivity index (χ4v) is 9.65. The third-order valence-corrected chi connectivity index (χ3v) is 13.2. The second-order valence-corrected chi connectivity index (χ2v) is 20.2. The lowest BCUT2D eigenvalue weighted by Gasteiger charge is -2.27. The molecule has 0 atom stereocenters. The van der Waals surface area contributed by atoms with Crippen LogP contribution in [-0.2, 0) is 25.0 Å². The predicted octanol–water partition coefficient (Wildman–Crippen LogP) is 14.1. The van der Waals surface area contributed by atoms with Gasteiger partial charge in [0.15, 0.2) is 5.71 Å². The highest BCUT2D eigenvalue weighted by Crippen LogP contribution is 2.51. The van der Waals surface area contributed by atoms with E-state index in [0.717, 1.165) is 64.0 Å². The van der Waals surface area contributed by atoms with Crippen molar-refractivity contribution in [2.24, 2.45) is 5.41 Å². The zero-order chi connectivity index (χ0) is 46.3. The summed E-state index contributed by atoms with van der Waals surface area (Å²) in [6.07, 6.45) is 24.7. The van der Waals surface area contributed by atoms with Crippen LogP contribution in [0.25, 0.3) is 21.5 Å². The van der Waals surface area contributed by atoms with Crippen molar-refractivity contribution in [2.75, 3.05) is 64.2 Å². The van der Waals surface area contributed by atoms with E-state index in [9.17, 15) is 0 Å². The molecular formula is C59H80N3O3+. The molecule has 4 aromatic carbocycles. The quantitative estimate of drug-likeness (QED) is 0.0387. The van der Waals surface area contributed by atoms with Gasteiger partial charge >= 0.3 is 0 Å². The van der Waals surface area contributed by atoms with Crippen LogP contribution >= 0.6 is 0 Å². The van der Waals surface area contributed by atoms with Crippen molar-refractivity contribution >= 4 is 38.6 Å². The third kappa shape index (κ3) is 13.0. The molecule has 65 heavy (non-hydrogen) atoms. The zero-order valence-corrected chi connectivity index (χ0v) is 41.3. The minimum absolute atomic E-state index is 0.0949. The van der Waals surface area contributed by atoms with Gasteiger partial charge in [-0.25, -0.2) is 0 Å². The average Bonchev–Trinajstić information content (AvgIpc) is 3.64. The fourth-order valence-electron chi connectivity index (χ4n) is 9.65. The molecule has 348 valence electrons. The molecule has 4 aromatic rings. The summed E-state index contributed by atoms with van der Waals surface area (Å²) < 4.78 is 19.7. The Bertz CT molecular complexity index is 2350. The second-order valence-electron chi connectivity index (χ2n) is 20.2. The summed E-state index contributed by atoms with van der Waals surface area (Å²) >= 11 is 0. The summed E-state index contributed by atoms with van der Waals surface area (Å²) in [5, 5.41) is 8.78. The minimum atomic E-state index is -0.137. The summed E-state index contributed by atoms with van der Waals surface area (Å²) in [4.78, 5) is 2.58. The van der Waals surface area contributed by atoms with E-state index in [4.69, 9.17) is 14.2 Å². The smallest absolute Gasteiger partial charge is 0.210 e. The third-order valence-electron chi connectivity index (χ3n) is 13.2. The van der Waals surface area contributed by atoms with E-state index in [1.165, 1.54) is 74.7 Å². The molecule has 2 aliphatic rings. The molecule has 0 saturated carbocycles. The first-order valence-corrected chi connectivity index (χ1v) is 24.7. The molecule has 0 saturated heterocycles. The molecular weight excluding hydrogens is 799 g/mol. The van der Waals surface area contributed by atoms with Gasteiger partial charge in [0.05, 0.1) is 38.4 Å². The molecule has 2 aliphatic heterocycles. The first-order valence-electron chi connectivity index (χ1n) is 24.7. The minimum Gasteiger partial charge on any atom is -0.387 e. The van der Waals surface area contributed by atoms with Gasteiger partial charge < -0.3 is 24.4 Å². The molecule has 0 spiro atoms. The number of nitrogens with one attached hydrogen (secondary N) is 1. The van der Waals surface area contributed by atoms with Crippen LogP contribution in [0.4, 0.5) is 11.4 Å². The molecule has 0 amide bonds. The molecule has 0 bridgehead atoms. The van der Waals surface area contributed by atoms with Gasteiger partial charge in [-0.3, -0.25) is 0 Å². The first kappa shape index (κ1) is 49.7. The number of rotatable bonds is 26. The normalized spacial score (nSPS) is 16.4. The van der Waals surface area contributed by atoms with E-state index < -0.39 is 0 Å². The van der Waals surface area contributed by atoms with Gasteiger partial charge in [-0.05, 0) is 96.7 Å². The second kappa shape index (κ2) is 23.6. The molecule has 0 unspecified atom stereocenters. The highest BCUT2D eigenvalue weighted by molar-refractivity contribution is 6.07. The van der Waals surface area contributed by atoms with Gasteiger partial charge in [-0.2, -0.15) is 4.58 Å². The fraction of sp³-hybridized carbons (Fsp3) is 0.475. The lowest BCUT2D eigenvalue weighted by molar-refractivity contribution is -0.438. The van der Waals surface area contributed by atoms with Crippen LogP contribution in [-0.4, -0.2) is 69.6 Å². The Kier molecular flexibility index (Phi) is 18.1. The maximum atomic E-state index is 5.76. The number of anilines is 1.